The first kappa shape index (κ1) is 16.1. The molecule has 1 amide bonds. The highest BCUT2D eigenvalue weighted by Gasteiger charge is 2.50. The van der Waals surface area contributed by atoms with E-state index in [0.717, 1.165) is 24.9 Å². The van der Waals surface area contributed by atoms with Crippen molar-refractivity contribution in [3.8, 4) is 0 Å². The summed E-state index contributed by atoms with van der Waals surface area (Å²) in [4.78, 5) is 13.7. The minimum atomic E-state index is -3.60. The third-order valence-electron chi connectivity index (χ3n) is 5.44. The van der Waals surface area contributed by atoms with E-state index in [1.54, 1.807) is 29.2 Å². The molecule has 1 atom stereocenters. The topological polar surface area (TPSA) is 77.9 Å². The SMILES string of the molecule is O=C1CCCN1c1ccc(S(=O)(=O)N2CCC(O)(C3CC3)C2)cc1. The van der Waals surface area contributed by atoms with E-state index >= 15 is 0 Å². The zero-order valence-corrected chi connectivity index (χ0v) is 14.3. The van der Waals surface area contributed by atoms with Crippen molar-refractivity contribution in [3.05, 3.63) is 24.3 Å². The first-order valence-corrected chi connectivity index (χ1v) is 9.97. The number of carbonyl (C=O) groups is 1. The molecule has 0 radical (unpaired) electrons. The summed E-state index contributed by atoms with van der Waals surface area (Å²) >= 11 is 0. The predicted molar refractivity (Wildman–Crippen MR) is 89.1 cm³/mol. The third-order valence-corrected chi connectivity index (χ3v) is 7.30. The van der Waals surface area contributed by atoms with Gasteiger partial charge in [0.25, 0.3) is 0 Å². The molecular formula is C17H22N2O4S. The lowest BCUT2D eigenvalue weighted by atomic mass is 9.97. The summed E-state index contributed by atoms with van der Waals surface area (Å²) in [6, 6.07) is 6.51. The smallest absolute Gasteiger partial charge is 0.243 e. The van der Waals surface area contributed by atoms with E-state index in [1.165, 1.54) is 4.31 Å². The Labute approximate surface area is 142 Å². The monoisotopic (exact) mass is 350 g/mol. The first-order valence-electron chi connectivity index (χ1n) is 8.53. The first-order chi connectivity index (χ1) is 11.4. The number of anilines is 1. The van der Waals surface area contributed by atoms with E-state index in [9.17, 15) is 18.3 Å². The summed E-state index contributed by atoms with van der Waals surface area (Å²) in [5, 5.41) is 10.6. The number of hydrogen-bond donors (Lipinski definition) is 1. The van der Waals surface area contributed by atoms with Crippen molar-refractivity contribution in [3.63, 3.8) is 0 Å². The molecule has 6 nitrogen and oxygen atoms in total. The summed E-state index contributed by atoms with van der Waals surface area (Å²) in [5.74, 6) is 0.334. The second-order valence-electron chi connectivity index (χ2n) is 7.11. The van der Waals surface area contributed by atoms with Crippen LogP contribution in [0.1, 0.15) is 32.1 Å². The number of sulfonamides is 1. The van der Waals surface area contributed by atoms with Gasteiger partial charge in [0.1, 0.15) is 0 Å². The van der Waals surface area contributed by atoms with Crippen molar-refractivity contribution in [1.82, 2.24) is 4.31 Å². The highest BCUT2D eigenvalue weighted by Crippen LogP contribution is 2.45. The maximum Gasteiger partial charge on any atom is 0.243 e. The molecule has 1 N–H and O–H groups in total. The zero-order valence-electron chi connectivity index (χ0n) is 13.5. The fraction of sp³-hybridized carbons (Fsp3) is 0.588. The van der Waals surface area contributed by atoms with Gasteiger partial charge in [0.05, 0.1) is 10.5 Å². The molecule has 3 fully saturated rings. The molecule has 1 aromatic carbocycles. The molecule has 3 aliphatic rings. The molecule has 0 aromatic heterocycles. The molecule has 0 spiro atoms. The van der Waals surface area contributed by atoms with Crippen molar-refractivity contribution in [2.75, 3.05) is 24.5 Å². The Bertz CT molecular complexity index is 757. The van der Waals surface area contributed by atoms with Crippen LogP contribution in [0.5, 0.6) is 0 Å². The van der Waals surface area contributed by atoms with Crippen LogP contribution in [0, 0.1) is 5.92 Å². The van der Waals surface area contributed by atoms with Gasteiger partial charge >= 0.3 is 0 Å². The Balaban J connectivity index is 1.53. The Hall–Kier alpha value is -1.44. The van der Waals surface area contributed by atoms with Crippen molar-refractivity contribution in [1.29, 1.82) is 0 Å². The maximum absolute atomic E-state index is 12.8. The Morgan fingerprint density at radius 2 is 1.83 bits per heavy atom. The molecule has 1 aliphatic carbocycles. The highest BCUT2D eigenvalue weighted by molar-refractivity contribution is 7.89. The van der Waals surface area contributed by atoms with Gasteiger partial charge in [-0.15, -0.1) is 0 Å². The lowest BCUT2D eigenvalue weighted by Crippen LogP contribution is -2.37. The van der Waals surface area contributed by atoms with Crippen LogP contribution in [0.25, 0.3) is 0 Å². The van der Waals surface area contributed by atoms with Crippen LogP contribution in [0.2, 0.25) is 0 Å². The minimum absolute atomic E-state index is 0.0830. The van der Waals surface area contributed by atoms with Crippen molar-refractivity contribution in [2.24, 2.45) is 5.92 Å². The largest absolute Gasteiger partial charge is 0.388 e. The van der Waals surface area contributed by atoms with Gasteiger partial charge in [-0.25, -0.2) is 8.42 Å². The number of rotatable bonds is 4. The van der Waals surface area contributed by atoms with E-state index in [-0.39, 0.29) is 23.3 Å². The number of β-amino-alcohol motifs (C(OH)–C–C–N with tert-alkyl or cyclic N) is 1. The molecule has 7 heteroatoms. The number of carbonyl (C=O) groups excluding carboxylic acids is 1. The number of benzene rings is 1. The molecule has 2 saturated heterocycles. The van der Waals surface area contributed by atoms with Crippen LogP contribution in [-0.2, 0) is 14.8 Å². The second kappa shape index (κ2) is 5.54. The standard InChI is InChI=1S/C17H22N2O4S/c20-16-2-1-10-19(16)14-5-7-15(8-6-14)24(22,23)18-11-9-17(21,12-18)13-3-4-13/h5-8,13,21H,1-4,9-12H2. The van der Waals surface area contributed by atoms with E-state index in [0.29, 0.717) is 25.9 Å². The van der Waals surface area contributed by atoms with E-state index in [2.05, 4.69) is 0 Å². The van der Waals surface area contributed by atoms with Crippen molar-refractivity contribution >= 4 is 21.6 Å². The van der Waals surface area contributed by atoms with Crippen LogP contribution < -0.4 is 4.90 Å². The van der Waals surface area contributed by atoms with Gasteiger partial charge in [-0.1, -0.05) is 0 Å². The average Bonchev–Trinajstić information content (AvgIpc) is 3.23. The Kier molecular flexibility index (Phi) is 3.71. The molecule has 1 saturated carbocycles. The molecule has 1 unspecified atom stereocenters. The predicted octanol–water partition coefficient (Wildman–Crippen LogP) is 1.35. The fourth-order valence-corrected chi connectivity index (χ4v) is 5.31. The second-order valence-corrected chi connectivity index (χ2v) is 9.05. The van der Waals surface area contributed by atoms with Gasteiger partial charge in [0.2, 0.25) is 15.9 Å². The number of aliphatic hydroxyl groups is 1. The van der Waals surface area contributed by atoms with Gasteiger partial charge in [-0.2, -0.15) is 4.31 Å². The van der Waals surface area contributed by atoms with Crippen LogP contribution in [0.3, 0.4) is 0 Å². The van der Waals surface area contributed by atoms with Gasteiger partial charge in [0.15, 0.2) is 0 Å². The van der Waals surface area contributed by atoms with E-state index in [1.807, 2.05) is 0 Å². The molecule has 1 aromatic rings. The summed E-state index contributed by atoms with van der Waals surface area (Å²) in [6.45, 7) is 1.24. The summed E-state index contributed by atoms with van der Waals surface area (Å²) in [7, 11) is -3.60. The van der Waals surface area contributed by atoms with Gasteiger partial charge in [0, 0.05) is 31.7 Å². The van der Waals surface area contributed by atoms with Crippen LogP contribution in [-0.4, -0.2) is 49.0 Å². The van der Waals surface area contributed by atoms with Crippen molar-refractivity contribution in [2.45, 2.75) is 42.6 Å². The minimum Gasteiger partial charge on any atom is -0.388 e. The van der Waals surface area contributed by atoms with Gasteiger partial charge < -0.3 is 10.0 Å². The van der Waals surface area contributed by atoms with Gasteiger partial charge in [-0.05, 0) is 55.9 Å². The molecule has 2 heterocycles. The maximum atomic E-state index is 12.8. The van der Waals surface area contributed by atoms with Crippen LogP contribution >= 0.6 is 0 Å². The normalized spacial score (nSPS) is 28.7. The highest BCUT2D eigenvalue weighted by atomic mass is 32.2. The lowest BCUT2D eigenvalue weighted by molar-refractivity contribution is -0.117. The van der Waals surface area contributed by atoms with E-state index < -0.39 is 15.6 Å². The summed E-state index contributed by atoms with van der Waals surface area (Å²) < 4.78 is 27.0. The Morgan fingerprint density at radius 1 is 1.12 bits per heavy atom. The van der Waals surface area contributed by atoms with Gasteiger partial charge in [-0.3, -0.25) is 4.79 Å². The van der Waals surface area contributed by atoms with Crippen LogP contribution in [0.4, 0.5) is 5.69 Å². The number of amides is 1. The quantitative estimate of drug-likeness (QED) is 0.889. The molecule has 2 aliphatic heterocycles. The third kappa shape index (κ3) is 2.64. The zero-order chi connectivity index (χ0) is 16.9. The molecule has 24 heavy (non-hydrogen) atoms. The molecule has 0 bridgehead atoms. The molecular weight excluding hydrogens is 328 g/mol. The average molecular weight is 350 g/mol. The van der Waals surface area contributed by atoms with E-state index in [4.69, 9.17) is 0 Å². The fourth-order valence-electron chi connectivity index (χ4n) is 3.81. The number of nitrogens with zero attached hydrogens (tertiary/aromatic N) is 2. The number of hydrogen-bond acceptors (Lipinski definition) is 4. The molecule has 130 valence electrons. The van der Waals surface area contributed by atoms with Crippen LogP contribution in [0.15, 0.2) is 29.2 Å². The lowest BCUT2D eigenvalue weighted by Gasteiger charge is -2.23. The summed E-state index contributed by atoms with van der Waals surface area (Å²) in [5.41, 5.74) is -0.109. The Morgan fingerprint density at radius 3 is 2.42 bits per heavy atom. The molecule has 4 rings (SSSR count). The summed E-state index contributed by atoms with van der Waals surface area (Å²) in [6.07, 6.45) is 3.88. The van der Waals surface area contributed by atoms with Crippen molar-refractivity contribution < 1.29 is 18.3 Å².